The van der Waals surface area contributed by atoms with E-state index in [2.05, 4.69) is 4.98 Å². The molecule has 6 heteroatoms. The Morgan fingerprint density at radius 2 is 2.00 bits per heavy atom. The number of rotatable bonds is 5. The molecule has 0 aliphatic carbocycles. The molecular formula is C11H14ClF3N2. The number of alkyl halides is 4. The van der Waals surface area contributed by atoms with Crippen LogP contribution in [0.15, 0.2) is 18.3 Å². The highest BCUT2D eigenvalue weighted by Gasteiger charge is 2.30. The van der Waals surface area contributed by atoms with Crippen LogP contribution in [-0.4, -0.2) is 24.0 Å². The maximum atomic E-state index is 12.3. The standard InChI is InChI=1S/C11H14ClF3N2/c1-2-6-17(7-5-12)10-4-3-9(8-16-10)11(13,14)15/h3-4,8H,2,5-7H2,1H3. The fourth-order valence-electron chi connectivity index (χ4n) is 1.45. The van der Waals surface area contributed by atoms with Crippen molar-refractivity contribution in [3.05, 3.63) is 23.9 Å². The lowest BCUT2D eigenvalue weighted by Gasteiger charge is -2.22. The second kappa shape index (κ2) is 6.10. The van der Waals surface area contributed by atoms with Crippen LogP contribution in [-0.2, 0) is 6.18 Å². The Kier molecular flexibility index (Phi) is 5.05. The molecular weight excluding hydrogens is 253 g/mol. The van der Waals surface area contributed by atoms with Crippen molar-refractivity contribution < 1.29 is 13.2 Å². The summed E-state index contributed by atoms with van der Waals surface area (Å²) < 4.78 is 37.0. The van der Waals surface area contributed by atoms with E-state index in [0.29, 0.717) is 18.2 Å². The smallest absolute Gasteiger partial charge is 0.355 e. The largest absolute Gasteiger partial charge is 0.417 e. The third-order valence-corrected chi connectivity index (χ3v) is 2.42. The minimum atomic E-state index is -4.34. The van der Waals surface area contributed by atoms with Crippen LogP contribution < -0.4 is 4.90 Å². The number of anilines is 1. The summed E-state index contributed by atoms with van der Waals surface area (Å²) in [6.07, 6.45) is -2.60. The van der Waals surface area contributed by atoms with Crippen molar-refractivity contribution >= 4 is 17.4 Å². The van der Waals surface area contributed by atoms with Crippen molar-refractivity contribution in [2.75, 3.05) is 23.9 Å². The van der Waals surface area contributed by atoms with E-state index in [-0.39, 0.29) is 0 Å². The summed E-state index contributed by atoms with van der Waals surface area (Å²) in [5.74, 6) is 0.948. The molecule has 1 aromatic heterocycles. The minimum Gasteiger partial charge on any atom is -0.355 e. The van der Waals surface area contributed by atoms with Crippen molar-refractivity contribution in [3.63, 3.8) is 0 Å². The van der Waals surface area contributed by atoms with Crippen LogP contribution in [0.5, 0.6) is 0 Å². The Bertz CT molecular complexity index is 332. The van der Waals surface area contributed by atoms with Crippen LogP contribution >= 0.6 is 11.6 Å². The molecule has 0 aromatic carbocycles. The number of halogens is 4. The highest BCUT2D eigenvalue weighted by atomic mass is 35.5. The van der Waals surface area contributed by atoms with Crippen LogP contribution in [0.25, 0.3) is 0 Å². The van der Waals surface area contributed by atoms with Crippen molar-refractivity contribution in [1.29, 1.82) is 0 Å². The van der Waals surface area contributed by atoms with E-state index in [0.717, 1.165) is 25.2 Å². The molecule has 0 aliphatic heterocycles. The van der Waals surface area contributed by atoms with Gasteiger partial charge in [0.2, 0.25) is 0 Å². The third-order valence-electron chi connectivity index (χ3n) is 2.25. The molecule has 0 spiro atoms. The Morgan fingerprint density at radius 3 is 2.41 bits per heavy atom. The number of hydrogen-bond acceptors (Lipinski definition) is 2. The quantitative estimate of drug-likeness (QED) is 0.758. The van der Waals surface area contributed by atoms with Gasteiger partial charge in [-0.25, -0.2) is 4.98 Å². The number of pyridine rings is 1. The van der Waals surface area contributed by atoms with Gasteiger partial charge in [-0.2, -0.15) is 13.2 Å². The monoisotopic (exact) mass is 266 g/mol. The van der Waals surface area contributed by atoms with E-state index in [1.54, 1.807) is 0 Å². The van der Waals surface area contributed by atoms with Crippen LogP contribution in [0.1, 0.15) is 18.9 Å². The maximum Gasteiger partial charge on any atom is 0.417 e. The van der Waals surface area contributed by atoms with Gasteiger partial charge in [0.25, 0.3) is 0 Å². The van der Waals surface area contributed by atoms with Gasteiger partial charge in [0.1, 0.15) is 5.82 Å². The summed E-state index contributed by atoms with van der Waals surface area (Å²) in [5.41, 5.74) is -0.733. The molecule has 0 aliphatic rings. The van der Waals surface area contributed by atoms with Crippen molar-refractivity contribution in [2.24, 2.45) is 0 Å². The molecule has 1 aromatic rings. The Labute approximate surface area is 103 Å². The first-order valence-electron chi connectivity index (χ1n) is 5.33. The van der Waals surface area contributed by atoms with Crippen molar-refractivity contribution in [3.8, 4) is 0 Å². The van der Waals surface area contributed by atoms with E-state index in [9.17, 15) is 13.2 Å². The molecule has 0 unspecified atom stereocenters. The average Bonchev–Trinajstić information content (AvgIpc) is 2.28. The molecule has 96 valence electrons. The van der Waals surface area contributed by atoms with Crippen LogP contribution in [0.3, 0.4) is 0 Å². The number of hydrogen-bond donors (Lipinski definition) is 0. The van der Waals surface area contributed by atoms with E-state index >= 15 is 0 Å². The zero-order valence-electron chi connectivity index (χ0n) is 9.47. The molecule has 1 rings (SSSR count). The first-order chi connectivity index (χ1) is 7.99. The van der Waals surface area contributed by atoms with Gasteiger partial charge in [-0.1, -0.05) is 6.92 Å². The average molecular weight is 267 g/mol. The highest BCUT2D eigenvalue weighted by Crippen LogP contribution is 2.29. The highest BCUT2D eigenvalue weighted by molar-refractivity contribution is 6.18. The molecule has 0 saturated heterocycles. The summed E-state index contributed by atoms with van der Waals surface area (Å²) in [4.78, 5) is 5.70. The van der Waals surface area contributed by atoms with Crippen LogP contribution in [0.2, 0.25) is 0 Å². The van der Waals surface area contributed by atoms with E-state index < -0.39 is 11.7 Å². The van der Waals surface area contributed by atoms with Gasteiger partial charge in [-0.05, 0) is 18.6 Å². The van der Waals surface area contributed by atoms with Gasteiger partial charge in [-0.3, -0.25) is 0 Å². The molecule has 0 atom stereocenters. The van der Waals surface area contributed by atoms with E-state index in [1.807, 2.05) is 11.8 Å². The first-order valence-corrected chi connectivity index (χ1v) is 5.86. The molecule has 0 fully saturated rings. The van der Waals surface area contributed by atoms with Gasteiger partial charge in [-0.15, -0.1) is 11.6 Å². The molecule has 0 saturated carbocycles. The predicted molar refractivity (Wildman–Crippen MR) is 62.5 cm³/mol. The van der Waals surface area contributed by atoms with Gasteiger partial charge in [0.05, 0.1) is 5.56 Å². The normalized spacial score (nSPS) is 11.6. The zero-order chi connectivity index (χ0) is 12.9. The lowest BCUT2D eigenvalue weighted by atomic mass is 10.2. The van der Waals surface area contributed by atoms with Gasteiger partial charge >= 0.3 is 6.18 Å². The van der Waals surface area contributed by atoms with Crippen LogP contribution in [0, 0.1) is 0 Å². The molecule has 1 heterocycles. The third kappa shape index (κ3) is 4.07. The summed E-state index contributed by atoms with van der Waals surface area (Å²) >= 11 is 5.64. The van der Waals surface area contributed by atoms with Gasteiger partial charge in [0, 0.05) is 25.2 Å². The predicted octanol–water partition coefficient (Wildman–Crippen LogP) is 3.56. The summed E-state index contributed by atoms with van der Waals surface area (Å²) in [6.45, 7) is 3.30. The van der Waals surface area contributed by atoms with Crippen molar-refractivity contribution in [1.82, 2.24) is 4.98 Å². The molecule has 0 radical (unpaired) electrons. The molecule has 0 bridgehead atoms. The Hall–Kier alpha value is -0.970. The second-order valence-corrected chi connectivity index (χ2v) is 3.96. The fraction of sp³-hybridized carbons (Fsp3) is 0.545. The van der Waals surface area contributed by atoms with E-state index in [1.165, 1.54) is 6.07 Å². The summed E-state index contributed by atoms with van der Waals surface area (Å²) in [6, 6.07) is 2.42. The fourth-order valence-corrected chi connectivity index (χ4v) is 1.66. The minimum absolute atomic E-state index is 0.419. The first kappa shape index (κ1) is 14.1. The molecule has 17 heavy (non-hydrogen) atoms. The molecule has 0 N–H and O–H groups in total. The SMILES string of the molecule is CCCN(CCCl)c1ccc(C(F)(F)F)cn1. The second-order valence-electron chi connectivity index (χ2n) is 3.58. The Morgan fingerprint density at radius 1 is 1.29 bits per heavy atom. The van der Waals surface area contributed by atoms with Crippen LogP contribution in [0.4, 0.5) is 19.0 Å². The summed E-state index contributed by atoms with van der Waals surface area (Å²) in [5, 5.41) is 0. The maximum absolute atomic E-state index is 12.3. The molecule has 2 nitrogen and oxygen atoms in total. The lowest BCUT2D eigenvalue weighted by Crippen LogP contribution is -2.27. The van der Waals surface area contributed by atoms with Gasteiger partial charge < -0.3 is 4.90 Å². The summed E-state index contributed by atoms with van der Waals surface area (Å²) in [7, 11) is 0. The van der Waals surface area contributed by atoms with Gasteiger partial charge in [0.15, 0.2) is 0 Å². The number of nitrogens with zero attached hydrogens (tertiary/aromatic N) is 2. The Balaban J connectivity index is 2.84. The molecule has 0 amide bonds. The van der Waals surface area contributed by atoms with Crippen molar-refractivity contribution in [2.45, 2.75) is 19.5 Å². The topological polar surface area (TPSA) is 16.1 Å². The van der Waals surface area contributed by atoms with E-state index in [4.69, 9.17) is 11.6 Å². The lowest BCUT2D eigenvalue weighted by molar-refractivity contribution is -0.137. The zero-order valence-corrected chi connectivity index (χ0v) is 10.2. The number of aromatic nitrogens is 1.